The number of aromatic nitrogens is 1. The molecule has 3 aromatic rings. The Kier molecular flexibility index (Phi) is 9.74. The quantitative estimate of drug-likeness (QED) is 0.217. The van der Waals surface area contributed by atoms with Crippen molar-refractivity contribution >= 4 is 40.7 Å². The van der Waals surface area contributed by atoms with Crippen molar-refractivity contribution in [1.82, 2.24) is 15.2 Å². The molecule has 0 bridgehead atoms. The Morgan fingerprint density at radius 3 is 2.20 bits per heavy atom. The number of hydrogen-bond acceptors (Lipinski definition) is 5. The van der Waals surface area contributed by atoms with Crippen LogP contribution in [-0.4, -0.2) is 38.5 Å². The van der Waals surface area contributed by atoms with Gasteiger partial charge in [0.2, 0.25) is 5.91 Å². The van der Waals surface area contributed by atoms with Crippen LogP contribution < -0.4 is 5.32 Å². The Balaban J connectivity index is 1.60. The maximum absolute atomic E-state index is 13.6. The number of carbonyl (C=O) groups excluding carboxylic acids is 3. The largest absolute Gasteiger partial charge is 0.344 e. The number of nitrogens with one attached hydrogen (secondary N) is 1. The molecule has 0 spiro atoms. The van der Waals surface area contributed by atoms with Gasteiger partial charge in [0.05, 0.1) is 11.8 Å². The number of carbonyl (C=O) groups is 3. The third-order valence-corrected chi connectivity index (χ3v) is 6.87. The maximum atomic E-state index is 13.6. The van der Waals surface area contributed by atoms with E-state index in [1.165, 1.54) is 11.0 Å². The number of amides is 3. The van der Waals surface area contributed by atoms with Crippen LogP contribution >= 0.6 is 11.8 Å². The molecule has 2 heterocycles. The average Bonchev–Trinajstić information content (AvgIpc) is 2.99. The molecule has 3 amide bonds. The van der Waals surface area contributed by atoms with E-state index in [2.05, 4.69) is 21.9 Å². The van der Waals surface area contributed by atoms with Crippen LogP contribution in [0.5, 0.6) is 0 Å². The molecule has 2 aromatic carbocycles. The molecule has 1 N–H and O–H groups in total. The summed E-state index contributed by atoms with van der Waals surface area (Å²) in [4.78, 5) is 49.4. The Bertz CT molecular complexity index is 1460. The highest BCUT2D eigenvalue weighted by molar-refractivity contribution is 8.14. The molecule has 1 aromatic heterocycles. The second-order valence-corrected chi connectivity index (χ2v) is 9.54. The second kappa shape index (κ2) is 13.8. The van der Waals surface area contributed by atoms with Gasteiger partial charge in [-0.2, -0.15) is 4.99 Å². The van der Waals surface area contributed by atoms with E-state index in [4.69, 9.17) is 0 Å². The fourth-order valence-electron chi connectivity index (χ4n) is 4.02. The van der Waals surface area contributed by atoms with E-state index in [0.717, 1.165) is 22.9 Å². The fourth-order valence-corrected chi connectivity index (χ4v) is 4.83. The van der Waals surface area contributed by atoms with Gasteiger partial charge in [-0.3, -0.25) is 24.3 Å². The monoisotopic (exact) mass is 548 g/mol. The van der Waals surface area contributed by atoms with Crippen molar-refractivity contribution in [3.8, 4) is 0 Å². The highest BCUT2D eigenvalue weighted by Crippen LogP contribution is 2.27. The molecule has 1 aliphatic heterocycles. The molecular formula is C32H28N4O3S. The first-order valence-corrected chi connectivity index (χ1v) is 13.6. The SMILES string of the molecule is C=C/C=C\C(=C/C)N1C(=O)/C(=C/c2ccncc2)C(=O)N=C1SCC(=O)NC(c1ccccc1)c1ccccc1. The molecule has 0 aliphatic carbocycles. The summed E-state index contributed by atoms with van der Waals surface area (Å²) in [6.45, 7) is 5.47. The topological polar surface area (TPSA) is 91.7 Å². The minimum atomic E-state index is -0.671. The minimum absolute atomic E-state index is 0.0579. The van der Waals surface area contributed by atoms with Crippen LogP contribution in [-0.2, 0) is 14.4 Å². The standard InChI is InChI=1S/C32H28N4O3S/c1-3-5-16-26(4-2)36-31(39)27(21-23-17-19-33-20-18-23)30(38)35-32(36)40-22-28(37)34-29(24-12-8-6-9-13-24)25-14-10-7-11-15-25/h3-21,29H,1,22H2,2H3,(H,34,37)/b16-5-,26-4+,27-21+. The van der Waals surface area contributed by atoms with Crippen molar-refractivity contribution in [2.75, 3.05) is 5.75 Å². The van der Waals surface area contributed by atoms with Crippen LogP contribution in [0.2, 0.25) is 0 Å². The molecule has 7 nitrogen and oxygen atoms in total. The highest BCUT2D eigenvalue weighted by atomic mass is 32.2. The Labute approximate surface area is 237 Å². The summed E-state index contributed by atoms with van der Waals surface area (Å²) in [5.41, 5.74) is 2.93. The molecule has 8 heteroatoms. The van der Waals surface area contributed by atoms with Gasteiger partial charge in [0.25, 0.3) is 11.8 Å². The lowest BCUT2D eigenvalue weighted by molar-refractivity contribution is -0.126. The fraction of sp³-hybridized carbons (Fsp3) is 0.0938. The van der Waals surface area contributed by atoms with E-state index in [0.29, 0.717) is 11.3 Å². The van der Waals surface area contributed by atoms with Gasteiger partial charge in [0, 0.05) is 18.1 Å². The third kappa shape index (κ3) is 6.98. The number of benzene rings is 2. The van der Waals surface area contributed by atoms with Crippen molar-refractivity contribution in [3.05, 3.63) is 144 Å². The molecule has 40 heavy (non-hydrogen) atoms. The Morgan fingerprint density at radius 1 is 1.00 bits per heavy atom. The predicted molar refractivity (Wildman–Crippen MR) is 160 cm³/mol. The molecule has 0 fully saturated rings. The molecule has 0 saturated carbocycles. The van der Waals surface area contributed by atoms with Crippen LogP contribution in [0.15, 0.2) is 132 Å². The summed E-state index contributed by atoms with van der Waals surface area (Å²) in [5, 5.41) is 3.20. The molecule has 1 aliphatic rings. The number of thioether (sulfide) groups is 1. The number of aliphatic imine (C=N–C) groups is 1. The number of amidine groups is 1. The predicted octanol–water partition coefficient (Wildman–Crippen LogP) is 5.47. The summed E-state index contributed by atoms with van der Waals surface area (Å²) >= 11 is 1.02. The van der Waals surface area contributed by atoms with Crippen molar-refractivity contribution in [2.45, 2.75) is 13.0 Å². The number of nitrogens with zero attached hydrogens (tertiary/aromatic N) is 3. The summed E-state index contributed by atoms with van der Waals surface area (Å²) in [6.07, 6.45) is 11.3. The normalized spacial score (nSPS) is 15.1. The van der Waals surface area contributed by atoms with E-state index in [1.807, 2.05) is 60.7 Å². The molecule has 0 radical (unpaired) electrons. The number of hydrogen-bond donors (Lipinski definition) is 1. The van der Waals surface area contributed by atoms with Gasteiger partial charge in [0.1, 0.15) is 5.57 Å². The summed E-state index contributed by atoms with van der Waals surface area (Å²) < 4.78 is 0. The van der Waals surface area contributed by atoms with Gasteiger partial charge in [0.15, 0.2) is 5.17 Å². The number of allylic oxidation sites excluding steroid dienone is 4. The second-order valence-electron chi connectivity index (χ2n) is 8.60. The molecule has 4 rings (SSSR count). The number of rotatable bonds is 9. The zero-order valence-electron chi connectivity index (χ0n) is 21.9. The van der Waals surface area contributed by atoms with Crippen molar-refractivity contribution in [1.29, 1.82) is 0 Å². The van der Waals surface area contributed by atoms with Crippen LogP contribution in [0.4, 0.5) is 0 Å². The van der Waals surface area contributed by atoms with Gasteiger partial charge in [-0.1, -0.05) is 97.2 Å². The van der Waals surface area contributed by atoms with Crippen LogP contribution in [0.3, 0.4) is 0 Å². The van der Waals surface area contributed by atoms with Crippen molar-refractivity contribution < 1.29 is 14.4 Å². The van der Waals surface area contributed by atoms with Crippen molar-refractivity contribution in [2.24, 2.45) is 4.99 Å². The van der Waals surface area contributed by atoms with E-state index in [1.54, 1.807) is 55.8 Å². The van der Waals surface area contributed by atoms with Gasteiger partial charge in [-0.15, -0.1) is 0 Å². The van der Waals surface area contributed by atoms with E-state index >= 15 is 0 Å². The van der Waals surface area contributed by atoms with Crippen LogP contribution in [0.25, 0.3) is 6.08 Å². The van der Waals surface area contributed by atoms with Crippen molar-refractivity contribution in [3.63, 3.8) is 0 Å². The Morgan fingerprint density at radius 2 is 1.62 bits per heavy atom. The first-order valence-electron chi connectivity index (χ1n) is 12.6. The molecule has 200 valence electrons. The number of pyridine rings is 1. The smallest absolute Gasteiger partial charge is 0.285 e. The Hall–Kier alpha value is -4.82. The van der Waals surface area contributed by atoms with Gasteiger partial charge in [-0.05, 0) is 47.9 Å². The maximum Gasteiger partial charge on any atom is 0.285 e. The zero-order chi connectivity index (χ0) is 28.3. The molecule has 0 atom stereocenters. The molecule has 0 saturated heterocycles. The van der Waals surface area contributed by atoms with E-state index in [-0.39, 0.29) is 28.4 Å². The van der Waals surface area contributed by atoms with E-state index in [9.17, 15) is 14.4 Å². The third-order valence-electron chi connectivity index (χ3n) is 5.93. The van der Waals surface area contributed by atoms with Crippen LogP contribution in [0, 0.1) is 0 Å². The van der Waals surface area contributed by atoms with Gasteiger partial charge in [-0.25, -0.2) is 0 Å². The highest BCUT2D eigenvalue weighted by Gasteiger charge is 2.35. The summed E-state index contributed by atoms with van der Waals surface area (Å²) in [5.74, 6) is -1.53. The molecule has 0 unspecified atom stereocenters. The van der Waals surface area contributed by atoms with Gasteiger partial charge >= 0.3 is 0 Å². The first-order chi connectivity index (χ1) is 19.5. The van der Waals surface area contributed by atoms with Gasteiger partial charge < -0.3 is 5.32 Å². The average molecular weight is 549 g/mol. The molecular weight excluding hydrogens is 520 g/mol. The van der Waals surface area contributed by atoms with E-state index < -0.39 is 11.8 Å². The lowest BCUT2D eigenvalue weighted by atomic mass is 9.99. The zero-order valence-corrected chi connectivity index (χ0v) is 22.8. The summed E-state index contributed by atoms with van der Waals surface area (Å²) in [7, 11) is 0. The lowest BCUT2D eigenvalue weighted by Gasteiger charge is -2.28. The van der Waals surface area contributed by atoms with Crippen LogP contribution in [0.1, 0.15) is 29.7 Å². The minimum Gasteiger partial charge on any atom is -0.344 e. The first kappa shape index (κ1) is 28.2. The summed E-state index contributed by atoms with van der Waals surface area (Å²) in [6, 6.07) is 22.4. The lowest BCUT2D eigenvalue weighted by Crippen LogP contribution is -2.42.